The van der Waals surface area contributed by atoms with Crippen molar-refractivity contribution in [3.8, 4) is 0 Å². The Bertz CT molecular complexity index is 514. The zero-order chi connectivity index (χ0) is 16.9. The molecule has 5 heteroatoms. The van der Waals surface area contributed by atoms with E-state index in [0.29, 0.717) is 12.2 Å². The summed E-state index contributed by atoms with van der Waals surface area (Å²) in [5.41, 5.74) is 0.450. The third-order valence-corrected chi connectivity index (χ3v) is 4.24. The van der Waals surface area contributed by atoms with E-state index in [4.69, 9.17) is 4.74 Å². The van der Waals surface area contributed by atoms with Crippen LogP contribution in [-0.2, 0) is 4.74 Å². The highest BCUT2D eigenvalue weighted by atomic mass is 16.5. The van der Waals surface area contributed by atoms with Crippen LogP contribution in [0.2, 0.25) is 0 Å². The van der Waals surface area contributed by atoms with Gasteiger partial charge in [-0.1, -0.05) is 6.92 Å². The highest BCUT2D eigenvalue weighted by Gasteiger charge is 2.29. The number of nitrogens with zero attached hydrogens (tertiary/aromatic N) is 2. The highest BCUT2D eigenvalue weighted by Crippen LogP contribution is 2.24. The molecule has 0 aliphatic carbocycles. The third-order valence-electron chi connectivity index (χ3n) is 4.24. The first-order valence-electron chi connectivity index (χ1n) is 8.61. The van der Waals surface area contributed by atoms with Gasteiger partial charge in [0.25, 0.3) is 5.91 Å². The molecule has 1 unspecified atom stereocenters. The summed E-state index contributed by atoms with van der Waals surface area (Å²) < 4.78 is 5.69. The predicted octanol–water partition coefficient (Wildman–Crippen LogP) is 3.01. The number of carbonyl (C=O) groups is 1. The number of carbonyl (C=O) groups excluding carboxylic acids is 1. The Kier molecular flexibility index (Phi) is 5.99. The molecule has 0 aromatic carbocycles. The van der Waals surface area contributed by atoms with Crippen molar-refractivity contribution < 1.29 is 9.53 Å². The molecular weight excluding hydrogens is 290 g/mol. The Morgan fingerprint density at radius 2 is 2.22 bits per heavy atom. The van der Waals surface area contributed by atoms with Gasteiger partial charge in [0.1, 0.15) is 5.82 Å². The maximum absolute atomic E-state index is 12.4. The molecule has 1 amide bonds. The largest absolute Gasteiger partial charge is 0.375 e. The van der Waals surface area contributed by atoms with Crippen molar-refractivity contribution in [2.75, 3.05) is 24.6 Å². The molecule has 128 valence electrons. The van der Waals surface area contributed by atoms with Gasteiger partial charge in [-0.25, -0.2) is 4.98 Å². The van der Waals surface area contributed by atoms with Crippen LogP contribution in [0.1, 0.15) is 57.3 Å². The molecule has 1 atom stereocenters. The van der Waals surface area contributed by atoms with E-state index in [1.54, 1.807) is 6.20 Å². The number of anilines is 1. The summed E-state index contributed by atoms with van der Waals surface area (Å²) in [6, 6.07) is 3.96. The van der Waals surface area contributed by atoms with Crippen LogP contribution >= 0.6 is 0 Å². The maximum Gasteiger partial charge on any atom is 0.253 e. The molecule has 0 bridgehead atoms. The van der Waals surface area contributed by atoms with Gasteiger partial charge in [0.15, 0.2) is 0 Å². The molecule has 1 N–H and O–H groups in total. The standard InChI is InChI=1S/C18H29N3O2/c1-5-10-21(6-2)16-8-7-14(13-19-16)17(22)20-15-9-11-23-18(3,4)12-15/h7-8,13,15H,5-6,9-12H2,1-4H3,(H,20,22). The van der Waals surface area contributed by atoms with Crippen molar-refractivity contribution in [3.05, 3.63) is 23.9 Å². The lowest BCUT2D eigenvalue weighted by molar-refractivity contribution is -0.0615. The van der Waals surface area contributed by atoms with Crippen molar-refractivity contribution in [3.63, 3.8) is 0 Å². The van der Waals surface area contributed by atoms with Crippen LogP contribution in [0.25, 0.3) is 0 Å². The quantitative estimate of drug-likeness (QED) is 0.876. The molecule has 0 spiro atoms. The molecule has 1 aliphatic heterocycles. The summed E-state index contributed by atoms with van der Waals surface area (Å²) in [6.45, 7) is 11.0. The molecule has 23 heavy (non-hydrogen) atoms. The molecule has 0 radical (unpaired) electrons. The summed E-state index contributed by atoms with van der Waals surface area (Å²) in [4.78, 5) is 19.1. The second-order valence-corrected chi connectivity index (χ2v) is 6.76. The molecule has 1 saturated heterocycles. The molecule has 1 fully saturated rings. The van der Waals surface area contributed by atoms with Gasteiger partial charge in [0, 0.05) is 31.9 Å². The second kappa shape index (κ2) is 7.77. The first-order valence-corrected chi connectivity index (χ1v) is 8.61. The van der Waals surface area contributed by atoms with E-state index in [9.17, 15) is 4.79 Å². The van der Waals surface area contributed by atoms with E-state index in [2.05, 4.69) is 42.9 Å². The fourth-order valence-electron chi connectivity index (χ4n) is 3.04. The Hall–Kier alpha value is -1.62. The van der Waals surface area contributed by atoms with E-state index in [1.807, 2.05) is 12.1 Å². The number of aromatic nitrogens is 1. The topological polar surface area (TPSA) is 54.5 Å². The molecule has 1 aliphatic rings. The summed E-state index contributed by atoms with van der Waals surface area (Å²) in [6.07, 6.45) is 4.45. The molecular formula is C18H29N3O2. The van der Waals surface area contributed by atoms with Gasteiger partial charge in [0.2, 0.25) is 0 Å². The fraction of sp³-hybridized carbons (Fsp3) is 0.667. The van der Waals surface area contributed by atoms with Crippen LogP contribution in [-0.4, -0.2) is 42.2 Å². The van der Waals surface area contributed by atoms with Gasteiger partial charge >= 0.3 is 0 Å². The number of pyridine rings is 1. The Labute approximate surface area is 139 Å². The minimum atomic E-state index is -0.167. The fourth-order valence-corrected chi connectivity index (χ4v) is 3.04. The SMILES string of the molecule is CCCN(CC)c1ccc(C(=O)NC2CCOC(C)(C)C2)cn1. The van der Waals surface area contributed by atoms with Crippen LogP contribution in [0.15, 0.2) is 18.3 Å². The smallest absolute Gasteiger partial charge is 0.253 e. The maximum atomic E-state index is 12.4. The van der Waals surface area contributed by atoms with Gasteiger partial charge in [-0.05, 0) is 52.2 Å². The van der Waals surface area contributed by atoms with E-state index in [0.717, 1.165) is 38.2 Å². The normalized spacial score (nSPS) is 20.1. The summed E-state index contributed by atoms with van der Waals surface area (Å²) in [5, 5.41) is 3.11. The monoisotopic (exact) mass is 319 g/mol. The molecule has 0 saturated carbocycles. The number of nitrogens with one attached hydrogen (secondary N) is 1. The van der Waals surface area contributed by atoms with Crippen LogP contribution in [0, 0.1) is 0 Å². The third kappa shape index (κ3) is 4.93. The number of hydrogen-bond acceptors (Lipinski definition) is 4. The Morgan fingerprint density at radius 1 is 1.43 bits per heavy atom. The predicted molar refractivity (Wildman–Crippen MR) is 92.9 cm³/mol. The highest BCUT2D eigenvalue weighted by molar-refractivity contribution is 5.94. The summed E-state index contributed by atoms with van der Waals surface area (Å²) in [5.74, 6) is 0.878. The first-order chi connectivity index (χ1) is 10.9. The van der Waals surface area contributed by atoms with Gasteiger partial charge in [-0.2, -0.15) is 0 Å². The zero-order valence-electron chi connectivity index (χ0n) is 14.8. The second-order valence-electron chi connectivity index (χ2n) is 6.76. The molecule has 2 heterocycles. The summed E-state index contributed by atoms with van der Waals surface area (Å²) >= 11 is 0. The molecule has 5 nitrogen and oxygen atoms in total. The Balaban J connectivity index is 1.97. The number of amides is 1. The zero-order valence-corrected chi connectivity index (χ0v) is 14.8. The van der Waals surface area contributed by atoms with Crippen LogP contribution in [0.3, 0.4) is 0 Å². The van der Waals surface area contributed by atoms with Gasteiger partial charge in [0.05, 0.1) is 11.2 Å². The van der Waals surface area contributed by atoms with Crippen molar-refractivity contribution in [2.45, 2.75) is 58.6 Å². The minimum Gasteiger partial charge on any atom is -0.375 e. The van der Waals surface area contributed by atoms with Crippen LogP contribution < -0.4 is 10.2 Å². The minimum absolute atomic E-state index is 0.0507. The average molecular weight is 319 g/mol. The molecule has 2 rings (SSSR count). The lowest BCUT2D eigenvalue weighted by Gasteiger charge is -2.35. The lowest BCUT2D eigenvalue weighted by Crippen LogP contribution is -2.45. The van der Waals surface area contributed by atoms with Crippen molar-refractivity contribution in [2.24, 2.45) is 0 Å². The Morgan fingerprint density at radius 3 is 2.78 bits per heavy atom. The van der Waals surface area contributed by atoms with Gasteiger partial charge < -0.3 is 15.0 Å². The van der Waals surface area contributed by atoms with Crippen LogP contribution in [0.5, 0.6) is 0 Å². The van der Waals surface area contributed by atoms with Crippen molar-refractivity contribution in [1.82, 2.24) is 10.3 Å². The number of ether oxygens (including phenoxy) is 1. The molecule has 1 aromatic rings. The van der Waals surface area contributed by atoms with E-state index in [-0.39, 0.29) is 17.6 Å². The van der Waals surface area contributed by atoms with Gasteiger partial charge in [-0.3, -0.25) is 4.79 Å². The van der Waals surface area contributed by atoms with Crippen molar-refractivity contribution in [1.29, 1.82) is 0 Å². The van der Waals surface area contributed by atoms with E-state index < -0.39 is 0 Å². The van der Waals surface area contributed by atoms with Crippen molar-refractivity contribution >= 4 is 11.7 Å². The number of rotatable bonds is 6. The average Bonchev–Trinajstić information content (AvgIpc) is 2.52. The number of hydrogen-bond donors (Lipinski definition) is 1. The molecule has 1 aromatic heterocycles. The van der Waals surface area contributed by atoms with E-state index in [1.165, 1.54) is 0 Å². The van der Waals surface area contributed by atoms with Crippen LogP contribution in [0.4, 0.5) is 5.82 Å². The van der Waals surface area contributed by atoms with E-state index >= 15 is 0 Å². The first kappa shape index (κ1) is 17.7. The summed E-state index contributed by atoms with van der Waals surface area (Å²) in [7, 11) is 0. The lowest BCUT2D eigenvalue weighted by atomic mass is 9.94. The van der Waals surface area contributed by atoms with Gasteiger partial charge in [-0.15, -0.1) is 0 Å².